The van der Waals surface area contributed by atoms with Crippen molar-refractivity contribution in [3.8, 4) is 0 Å². The monoisotopic (exact) mass is 160 g/mol. The molecule has 0 atom stereocenters. The highest BCUT2D eigenvalue weighted by molar-refractivity contribution is 5.69. The van der Waals surface area contributed by atoms with Gasteiger partial charge in [0, 0.05) is 19.6 Å². The van der Waals surface area contributed by atoms with Gasteiger partial charge in [-0.25, -0.2) is 0 Å². The molecule has 0 aromatic heterocycles. The zero-order valence-electron chi connectivity index (χ0n) is 7.26. The molecule has 0 fully saturated rings. The van der Waals surface area contributed by atoms with Gasteiger partial charge in [0.05, 0.1) is 6.61 Å². The van der Waals surface area contributed by atoms with E-state index in [-0.39, 0.29) is 5.97 Å². The Morgan fingerprint density at radius 1 is 1.27 bits per heavy atom. The number of esters is 1. The Hall–Kier alpha value is -0.570. The van der Waals surface area contributed by atoms with Gasteiger partial charge in [-0.15, -0.1) is 0 Å². The molecule has 0 rings (SSSR count). The summed E-state index contributed by atoms with van der Waals surface area (Å²) < 4.78 is 9.78. The second-order valence-corrected chi connectivity index (χ2v) is 2.11. The maximum absolute atomic E-state index is 10.7. The molecule has 0 heterocycles. The molecule has 3 heteroatoms. The molecule has 0 aliphatic heterocycles. The zero-order chi connectivity index (χ0) is 8.53. The van der Waals surface area contributed by atoms with Crippen LogP contribution in [0.2, 0.25) is 0 Å². The van der Waals surface area contributed by atoms with E-state index in [9.17, 15) is 4.79 Å². The molecule has 0 aromatic rings. The summed E-state index contributed by atoms with van der Waals surface area (Å²) >= 11 is 0. The van der Waals surface area contributed by atoms with E-state index in [1.54, 1.807) is 6.92 Å². The molecule has 0 bridgehead atoms. The zero-order valence-corrected chi connectivity index (χ0v) is 7.26. The van der Waals surface area contributed by atoms with Crippen molar-refractivity contribution in [2.75, 3.05) is 19.8 Å². The van der Waals surface area contributed by atoms with Crippen molar-refractivity contribution < 1.29 is 14.3 Å². The van der Waals surface area contributed by atoms with Gasteiger partial charge in [-0.3, -0.25) is 4.79 Å². The van der Waals surface area contributed by atoms with Gasteiger partial charge in [-0.1, -0.05) is 0 Å². The van der Waals surface area contributed by atoms with E-state index in [4.69, 9.17) is 9.47 Å². The Bertz CT molecular complexity index is 102. The lowest BCUT2D eigenvalue weighted by Gasteiger charge is -2.01. The molecule has 66 valence electrons. The fourth-order valence-corrected chi connectivity index (χ4v) is 0.696. The van der Waals surface area contributed by atoms with E-state index < -0.39 is 0 Å². The van der Waals surface area contributed by atoms with Crippen LogP contribution in [0.25, 0.3) is 0 Å². The summed E-state index contributed by atoms with van der Waals surface area (Å²) in [6.07, 6.45) is 1.22. The van der Waals surface area contributed by atoms with Crippen molar-refractivity contribution in [3.63, 3.8) is 0 Å². The molecular formula is C8H16O3. The number of hydrogen-bond donors (Lipinski definition) is 0. The number of rotatable bonds is 6. The standard InChI is InChI=1S/C8H16O3/c1-3-10-7-5-6-8(9)11-4-2/h3-7H2,1-2H3. The van der Waals surface area contributed by atoms with E-state index in [1.165, 1.54) is 0 Å². The smallest absolute Gasteiger partial charge is 0.305 e. The molecule has 11 heavy (non-hydrogen) atoms. The molecule has 3 nitrogen and oxygen atoms in total. The lowest BCUT2D eigenvalue weighted by molar-refractivity contribution is -0.143. The Kier molecular flexibility index (Phi) is 7.15. The summed E-state index contributed by atoms with van der Waals surface area (Å²) in [6, 6.07) is 0. The maximum atomic E-state index is 10.7. The van der Waals surface area contributed by atoms with Gasteiger partial charge in [-0.05, 0) is 20.3 Å². The summed E-state index contributed by atoms with van der Waals surface area (Å²) in [6.45, 7) is 5.57. The van der Waals surface area contributed by atoms with Crippen LogP contribution in [0.5, 0.6) is 0 Å². The summed E-state index contributed by atoms with van der Waals surface area (Å²) in [4.78, 5) is 10.7. The van der Waals surface area contributed by atoms with Gasteiger partial charge < -0.3 is 9.47 Å². The number of carbonyl (C=O) groups excluding carboxylic acids is 1. The summed E-state index contributed by atoms with van der Waals surface area (Å²) in [5.41, 5.74) is 0. The molecular weight excluding hydrogens is 144 g/mol. The Balaban J connectivity index is 3.04. The first-order valence-corrected chi connectivity index (χ1v) is 4.04. The Morgan fingerprint density at radius 2 is 2.00 bits per heavy atom. The third-order valence-corrected chi connectivity index (χ3v) is 1.18. The quantitative estimate of drug-likeness (QED) is 0.435. The van der Waals surface area contributed by atoms with Gasteiger partial charge >= 0.3 is 5.97 Å². The Labute approximate surface area is 67.7 Å². The van der Waals surface area contributed by atoms with Gasteiger partial charge in [0.25, 0.3) is 0 Å². The average molecular weight is 160 g/mol. The van der Waals surface area contributed by atoms with Crippen LogP contribution in [0.15, 0.2) is 0 Å². The third-order valence-electron chi connectivity index (χ3n) is 1.18. The molecule has 0 saturated heterocycles. The first kappa shape index (κ1) is 10.4. The second-order valence-electron chi connectivity index (χ2n) is 2.11. The topological polar surface area (TPSA) is 35.5 Å². The molecule has 0 aliphatic rings. The first-order valence-electron chi connectivity index (χ1n) is 4.04. The van der Waals surface area contributed by atoms with Crippen LogP contribution < -0.4 is 0 Å². The predicted molar refractivity (Wildman–Crippen MR) is 42.4 cm³/mol. The van der Waals surface area contributed by atoms with Crippen molar-refractivity contribution in [2.45, 2.75) is 26.7 Å². The second kappa shape index (κ2) is 7.54. The van der Waals surface area contributed by atoms with Crippen LogP contribution in [0.4, 0.5) is 0 Å². The summed E-state index contributed by atoms with van der Waals surface area (Å²) in [5.74, 6) is -0.132. The van der Waals surface area contributed by atoms with Crippen molar-refractivity contribution in [3.05, 3.63) is 0 Å². The van der Waals surface area contributed by atoms with Crippen molar-refractivity contribution >= 4 is 5.97 Å². The van der Waals surface area contributed by atoms with Crippen LogP contribution in [0.1, 0.15) is 26.7 Å². The minimum atomic E-state index is -0.132. The lowest BCUT2D eigenvalue weighted by atomic mass is 10.3. The largest absolute Gasteiger partial charge is 0.466 e. The number of hydrogen-bond acceptors (Lipinski definition) is 3. The Morgan fingerprint density at radius 3 is 2.55 bits per heavy atom. The van der Waals surface area contributed by atoms with Gasteiger partial charge in [0.1, 0.15) is 0 Å². The van der Waals surface area contributed by atoms with Crippen molar-refractivity contribution in [1.82, 2.24) is 0 Å². The molecule has 0 radical (unpaired) electrons. The highest BCUT2D eigenvalue weighted by Gasteiger charge is 1.99. The van der Waals surface area contributed by atoms with Gasteiger partial charge in [-0.2, -0.15) is 0 Å². The van der Waals surface area contributed by atoms with Gasteiger partial charge in [0.2, 0.25) is 0 Å². The van der Waals surface area contributed by atoms with E-state index in [1.807, 2.05) is 6.92 Å². The van der Waals surface area contributed by atoms with E-state index >= 15 is 0 Å². The minimum Gasteiger partial charge on any atom is -0.466 e. The highest BCUT2D eigenvalue weighted by atomic mass is 16.5. The van der Waals surface area contributed by atoms with Crippen LogP contribution in [0, 0.1) is 0 Å². The van der Waals surface area contributed by atoms with Gasteiger partial charge in [0.15, 0.2) is 0 Å². The minimum absolute atomic E-state index is 0.132. The van der Waals surface area contributed by atoms with E-state index in [0.29, 0.717) is 26.2 Å². The summed E-state index contributed by atoms with van der Waals surface area (Å²) in [5, 5.41) is 0. The van der Waals surface area contributed by atoms with Crippen LogP contribution in [-0.4, -0.2) is 25.8 Å². The molecule has 0 aliphatic carbocycles. The average Bonchev–Trinajstić information content (AvgIpc) is 1.99. The van der Waals surface area contributed by atoms with Crippen LogP contribution in [-0.2, 0) is 14.3 Å². The SMILES string of the molecule is CCOCCCC(=O)OCC. The first-order chi connectivity index (χ1) is 5.31. The number of ether oxygens (including phenoxy) is 2. The molecule has 0 spiro atoms. The molecule has 0 saturated carbocycles. The molecule has 0 aromatic carbocycles. The van der Waals surface area contributed by atoms with Crippen molar-refractivity contribution in [1.29, 1.82) is 0 Å². The summed E-state index contributed by atoms with van der Waals surface area (Å²) in [7, 11) is 0. The van der Waals surface area contributed by atoms with Crippen LogP contribution >= 0.6 is 0 Å². The lowest BCUT2D eigenvalue weighted by Crippen LogP contribution is -2.05. The molecule has 0 unspecified atom stereocenters. The molecule has 0 amide bonds. The third kappa shape index (κ3) is 7.33. The predicted octanol–water partition coefficient (Wildman–Crippen LogP) is 1.37. The number of carbonyl (C=O) groups is 1. The molecule has 0 N–H and O–H groups in total. The normalized spacial score (nSPS) is 9.64. The highest BCUT2D eigenvalue weighted by Crippen LogP contribution is 1.93. The van der Waals surface area contributed by atoms with E-state index in [0.717, 1.165) is 6.42 Å². The van der Waals surface area contributed by atoms with Crippen LogP contribution in [0.3, 0.4) is 0 Å². The van der Waals surface area contributed by atoms with E-state index in [2.05, 4.69) is 0 Å². The van der Waals surface area contributed by atoms with Crippen molar-refractivity contribution in [2.24, 2.45) is 0 Å². The fraction of sp³-hybridized carbons (Fsp3) is 0.875. The fourth-order valence-electron chi connectivity index (χ4n) is 0.696. The maximum Gasteiger partial charge on any atom is 0.305 e.